The summed E-state index contributed by atoms with van der Waals surface area (Å²) in [5.74, 6) is -0.605. The lowest BCUT2D eigenvalue weighted by molar-refractivity contribution is -0.141. The number of nitrogens with one attached hydrogen (secondary N) is 2. The number of aliphatic carboxylic acids is 1. The van der Waals surface area contributed by atoms with Gasteiger partial charge in [0.25, 0.3) is 0 Å². The Kier molecular flexibility index (Phi) is 6.98. The van der Waals surface area contributed by atoms with E-state index in [0.29, 0.717) is 18.7 Å². The van der Waals surface area contributed by atoms with Crippen LogP contribution in [0.15, 0.2) is 54.6 Å². The molecule has 2 rings (SSSR count). The van der Waals surface area contributed by atoms with Crippen LogP contribution in [0.2, 0.25) is 0 Å². The molecule has 0 aliphatic carbocycles. The van der Waals surface area contributed by atoms with Crippen LogP contribution >= 0.6 is 0 Å². The van der Waals surface area contributed by atoms with Gasteiger partial charge in [0.05, 0.1) is 13.5 Å². The van der Waals surface area contributed by atoms with E-state index >= 15 is 0 Å². The topological polar surface area (TPSA) is 87.7 Å². The monoisotopic (exact) mass is 342 g/mol. The molecule has 3 N–H and O–H groups in total. The number of carboxylic acids is 1. The highest BCUT2D eigenvalue weighted by atomic mass is 16.5. The van der Waals surface area contributed by atoms with Gasteiger partial charge in [-0.2, -0.15) is 0 Å². The number of carbonyl (C=O) groups is 2. The van der Waals surface area contributed by atoms with Crippen molar-refractivity contribution in [1.82, 2.24) is 5.32 Å². The number of carbonyl (C=O) groups excluding carboxylic acids is 1. The van der Waals surface area contributed by atoms with E-state index in [1.807, 2.05) is 30.3 Å². The molecule has 25 heavy (non-hydrogen) atoms. The first-order valence-electron chi connectivity index (χ1n) is 8.02. The van der Waals surface area contributed by atoms with Gasteiger partial charge in [-0.05, 0) is 42.8 Å². The van der Waals surface area contributed by atoms with E-state index in [1.165, 1.54) is 0 Å². The molecule has 0 radical (unpaired) electrons. The van der Waals surface area contributed by atoms with Crippen LogP contribution in [0.25, 0.3) is 0 Å². The number of benzene rings is 2. The molecule has 0 saturated carbocycles. The van der Waals surface area contributed by atoms with Crippen molar-refractivity contribution >= 4 is 17.6 Å². The average Bonchev–Trinajstić information content (AvgIpc) is 2.62. The maximum atomic E-state index is 12.0. The molecule has 0 spiro atoms. The largest absolute Gasteiger partial charge is 0.497 e. The molecular formula is C19H22N2O4. The van der Waals surface area contributed by atoms with Crippen LogP contribution in [0.5, 0.6) is 5.75 Å². The highest BCUT2D eigenvalue weighted by Gasteiger charge is 2.20. The van der Waals surface area contributed by atoms with Crippen LogP contribution in [-0.4, -0.2) is 36.7 Å². The third-order valence-corrected chi connectivity index (χ3v) is 3.71. The Bertz CT molecular complexity index is 686. The van der Waals surface area contributed by atoms with Crippen molar-refractivity contribution < 1.29 is 19.4 Å². The second kappa shape index (κ2) is 9.44. The maximum Gasteiger partial charge on any atom is 0.321 e. The van der Waals surface area contributed by atoms with Gasteiger partial charge in [-0.15, -0.1) is 0 Å². The van der Waals surface area contributed by atoms with Gasteiger partial charge in [0, 0.05) is 5.69 Å². The van der Waals surface area contributed by atoms with Gasteiger partial charge in [0.2, 0.25) is 5.91 Å². The number of para-hydroxylation sites is 1. The minimum atomic E-state index is -1.04. The Balaban J connectivity index is 1.81. The van der Waals surface area contributed by atoms with Crippen molar-refractivity contribution in [2.24, 2.45) is 0 Å². The standard InChI is InChI=1S/C19H22N2O4/c1-25-16-9-7-14(8-10-16)11-12-20-17(19(23)24)13-18(22)21-15-5-3-2-4-6-15/h2-10,17,20H,11-13H2,1H3,(H,21,22)(H,23,24). The number of carboxylic acid groups (broad SMARTS) is 1. The molecule has 2 aromatic carbocycles. The number of hydrogen-bond donors (Lipinski definition) is 3. The lowest BCUT2D eigenvalue weighted by Crippen LogP contribution is -2.40. The van der Waals surface area contributed by atoms with E-state index in [1.54, 1.807) is 31.4 Å². The molecule has 6 heteroatoms. The summed E-state index contributed by atoms with van der Waals surface area (Å²) in [5, 5.41) is 14.9. The Hall–Kier alpha value is -2.86. The van der Waals surface area contributed by atoms with E-state index in [9.17, 15) is 14.7 Å². The Morgan fingerprint density at radius 3 is 2.36 bits per heavy atom. The zero-order valence-corrected chi connectivity index (χ0v) is 14.1. The molecule has 1 unspecified atom stereocenters. The lowest BCUT2D eigenvalue weighted by Gasteiger charge is -2.14. The molecule has 0 heterocycles. The molecule has 0 aliphatic heterocycles. The quantitative estimate of drug-likeness (QED) is 0.651. The van der Waals surface area contributed by atoms with Gasteiger partial charge in [-0.1, -0.05) is 30.3 Å². The first-order valence-corrected chi connectivity index (χ1v) is 8.02. The van der Waals surface area contributed by atoms with Crippen LogP contribution in [0.3, 0.4) is 0 Å². The molecular weight excluding hydrogens is 320 g/mol. The fraction of sp³-hybridized carbons (Fsp3) is 0.263. The predicted molar refractivity (Wildman–Crippen MR) is 95.8 cm³/mol. The third-order valence-electron chi connectivity index (χ3n) is 3.71. The Morgan fingerprint density at radius 2 is 1.76 bits per heavy atom. The summed E-state index contributed by atoms with van der Waals surface area (Å²) in [7, 11) is 1.61. The van der Waals surface area contributed by atoms with Crippen molar-refractivity contribution in [3.63, 3.8) is 0 Å². The van der Waals surface area contributed by atoms with Crippen LogP contribution < -0.4 is 15.4 Å². The highest BCUT2D eigenvalue weighted by Crippen LogP contribution is 2.11. The van der Waals surface area contributed by atoms with Crippen molar-refractivity contribution in [3.05, 3.63) is 60.2 Å². The van der Waals surface area contributed by atoms with Gasteiger partial charge in [-0.25, -0.2) is 0 Å². The Morgan fingerprint density at radius 1 is 1.08 bits per heavy atom. The normalized spacial score (nSPS) is 11.6. The summed E-state index contributed by atoms with van der Waals surface area (Å²) in [6.45, 7) is 0.460. The average molecular weight is 342 g/mol. The molecule has 1 atom stereocenters. The molecule has 6 nitrogen and oxygen atoms in total. The minimum Gasteiger partial charge on any atom is -0.497 e. The van der Waals surface area contributed by atoms with E-state index in [4.69, 9.17) is 4.74 Å². The first kappa shape index (κ1) is 18.5. The summed E-state index contributed by atoms with van der Waals surface area (Å²) in [6, 6.07) is 15.6. The molecule has 0 aromatic heterocycles. The van der Waals surface area contributed by atoms with E-state index in [0.717, 1.165) is 11.3 Å². The van der Waals surface area contributed by atoms with Gasteiger partial charge < -0.3 is 20.5 Å². The van der Waals surface area contributed by atoms with Crippen molar-refractivity contribution in [3.8, 4) is 5.75 Å². The van der Waals surface area contributed by atoms with E-state index in [2.05, 4.69) is 10.6 Å². The van der Waals surface area contributed by atoms with Crippen LogP contribution in [0.1, 0.15) is 12.0 Å². The molecule has 0 aliphatic rings. The van der Waals surface area contributed by atoms with Crippen molar-refractivity contribution in [2.75, 3.05) is 19.0 Å². The van der Waals surface area contributed by atoms with Crippen LogP contribution in [0.4, 0.5) is 5.69 Å². The summed E-state index contributed by atoms with van der Waals surface area (Å²) >= 11 is 0. The lowest BCUT2D eigenvalue weighted by atomic mass is 10.1. The molecule has 0 bridgehead atoms. The zero-order chi connectivity index (χ0) is 18.1. The molecule has 1 amide bonds. The number of methoxy groups -OCH3 is 1. The number of rotatable bonds is 9. The number of hydrogen-bond acceptors (Lipinski definition) is 4. The van der Waals surface area contributed by atoms with Crippen LogP contribution in [0, 0.1) is 0 Å². The second-order valence-electron chi connectivity index (χ2n) is 5.56. The minimum absolute atomic E-state index is 0.132. The first-order chi connectivity index (χ1) is 12.1. The Labute approximate surface area is 146 Å². The number of anilines is 1. The summed E-state index contributed by atoms with van der Waals surface area (Å²) in [4.78, 5) is 23.4. The second-order valence-corrected chi connectivity index (χ2v) is 5.56. The number of amides is 1. The summed E-state index contributed by atoms with van der Waals surface area (Å²) < 4.78 is 5.10. The van der Waals surface area contributed by atoms with Gasteiger partial charge in [0.1, 0.15) is 11.8 Å². The molecule has 132 valence electrons. The fourth-order valence-electron chi connectivity index (χ4n) is 2.35. The third kappa shape index (κ3) is 6.27. The van der Waals surface area contributed by atoms with Crippen LogP contribution in [-0.2, 0) is 16.0 Å². The van der Waals surface area contributed by atoms with Crippen molar-refractivity contribution in [1.29, 1.82) is 0 Å². The van der Waals surface area contributed by atoms with Crippen molar-refractivity contribution in [2.45, 2.75) is 18.9 Å². The SMILES string of the molecule is COc1ccc(CCNC(CC(=O)Nc2ccccc2)C(=O)O)cc1. The number of ether oxygens (including phenoxy) is 1. The summed E-state index contributed by atoms with van der Waals surface area (Å²) in [6.07, 6.45) is 0.529. The van der Waals surface area contributed by atoms with E-state index in [-0.39, 0.29) is 12.3 Å². The summed E-state index contributed by atoms with van der Waals surface area (Å²) in [5.41, 5.74) is 1.71. The highest BCUT2D eigenvalue weighted by molar-refractivity contribution is 5.93. The molecule has 0 saturated heterocycles. The zero-order valence-electron chi connectivity index (χ0n) is 14.1. The van der Waals surface area contributed by atoms with Gasteiger partial charge in [-0.3, -0.25) is 9.59 Å². The fourth-order valence-corrected chi connectivity index (χ4v) is 2.35. The molecule has 2 aromatic rings. The predicted octanol–water partition coefficient (Wildman–Crippen LogP) is 2.31. The maximum absolute atomic E-state index is 12.0. The molecule has 0 fully saturated rings. The van der Waals surface area contributed by atoms with E-state index < -0.39 is 12.0 Å². The van der Waals surface area contributed by atoms with Gasteiger partial charge >= 0.3 is 5.97 Å². The smallest absolute Gasteiger partial charge is 0.321 e. The van der Waals surface area contributed by atoms with Gasteiger partial charge in [0.15, 0.2) is 0 Å².